The molecule has 0 aliphatic carbocycles. The molecule has 0 aromatic heterocycles. The number of Topliss-reactive ketones (excluding diaryl/α,β-unsaturated/α-hetero) is 1. The van der Waals surface area contributed by atoms with E-state index in [1.807, 2.05) is 0 Å². The number of carbonyl (C=O) groups excluding carboxylic acids is 1. The van der Waals surface area contributed by atoms with Crippen molar-refractivity contribution in [1.29, 1.82) is 0 Å². The minimum absolute atomic E-state index is 0. The van der Waals surface area contributed by atoms with Crippen molar-refractivity contribution < 1.29 is 57.5 Å². The van der Waals surface area contributed by atoms with E-state index in [0.29, 0.717) is 0 Å². The van der Waals surface area contributed by atoms with Crippen molar-refractivity contribution in [3.8, 4) is 0 Å². The molecule has 0 rings (SSSR count). The lowest BCUT2D eigenvalue weighted by Gasteiger charge is -2.32. The van der Waals surface area contributed by atoms with Gasteiger partial charge in [0.25, 0.3) is 0 Å². The van der Waals surface area contributed by atoms with Crippen LogP contribution in [-0.2, 0) is 4.79 Å². The first-order chi connectivity index (χ1) is 7.90. The Morgan fingerprint density at radius 3 is 1.10 bits per heavy atom. The van der Waals surface area contributed by atoms with Crippen LogP contribution in [0, 0.1) is 0 Å². The lowest BCUT2D eigenvalue weighted by molar-refractivity contribution is -0.390. The maximum absolute atomic E-state index is 12.3. The van der Waals surface area contributed by atoms with Gasteiger partial charge in [-0.3, -0.25) is 4.79 Å². The van der Waals surface area contributed by atoms with E-state index >= 15 is 0 Å². The molecule has 0 heterocycles. The molecule has 0 aromatic rings. The number of ketones is 1. The molecule has 0 radical (unpaired) electrons. The number of alkyl halides is 12. The van der Waals surface area contributed by atoms with Crippen LogP contribution in [0.3, 0.4) is 0 Å². The van der Waals surface area contributed by atoms with Crippen LogP contribution in [-0.4, -0.2) is 35.9 Å². The predicted molar refractivity (Wildman–Crippen MR) is 38.7 cm³/mol. The van der Waals surface area contributed by atoms with Gasteiger partial charge in [-0.15, -0.1) is 0 Å². The van der Waals surface area contributed by atoms with Crippen molar-refractivity contribution in [2.45, 2.75) is 37.5 Å². The predicted octanol–water partition coefficient (Wildman–Crippen LogP) is 4.22. The van der Waals surface area contributed by atoms with E-state index < -0.39 is 35.9 Å². The molecule has 0 bridgehead atoms. The SMILES string of the molecule is C.O=C(C(F)(F)F)C(F)(F)C(F)(F)C(F)(F)C(F)(F)F. The highest BCUT2D eigenvalue weighted by molar-refractivity contribution is 5.91. The average molecular weight is 332 g/mol. The molecule has 0 aliphatic rings. The summed E-state index contributed by atoms with van der Waals surface area (Å²) in [7, 11) is 0. The van der Waals surface area contributed by atoms with Crippen LogP contribution in [0.4, 0.5) is 52.7 Å². The van der Waals surface area contributed by atoms with Gasteiger partial charge in [0.2, 0.25) is 0 Å². The van der Waals surface area contributed by atoms with E-state index in [-0.39, 0.29) is 7.43 Å². The molecule has 0 aromatic carbocycles. The van der Waals surface area contributed by atoms with Gasteiger partial charge >= 0.3 is 35.9 Å². The number of hydrogen-bond acceptors (Lipinski definition) is 1. The van der Waals surface area contributed by atoms with Crippen LogP contribution < -0.4 is 0 Å². The molecule has 0 N–H and O–H groups in total. The molecule has 13 heteroatoms. The van der Waals surface area contributed by atoms with Crippen LogP contribution >= 0.6 is 0 Å². The van der Waals surface area contributed by atoms with Gasteiger partial charge in [-0.1, -0.05) is 7.43 Å². The molecule has 0 atom stereocenters. The van der Waals surface area contributed by atoms with Gasteiger partial charge in [0, 0.05) is 0 Å². The molecule has 0 unspecified atom stereocenters. The summed E-state index contributed by atoms with van der Waals surface area (Å²) < 4.78 is 142. The standard InChI is InChI=1S/C6F12O.CH4/c7-2(8,1(19)3(9,10)11)4(12,13)5(14,15)6(16,17)18;/h;1H4. The smallest absolute Gasteiger partial charge is 0.282 e. The topological polar surface area (TPSA) is 17.1 Å². The fraction of sp³-hybridized carbons (Fsp3) is 0.857. The zero-order chi connectivity index (χ0) is 16.1. The Labute approximate surface area is 102 Å². The van der Waals surface area contributed by atoms with Crippen LogP contribution in [0.25, 0.3) is 0 Å². The van der Waals surface area contributed by atoms with E-state index in [0.717, 1.165) is 0 Å². The van der Waals surface area contributed by atoms with E-state index in [2.05, 4.69) is 0 Å². The van der Waals surface area contributed by atoms with Gasteiger partial charge < -0.3 is 0 Å². The summed E-state index contributed by atoms with van der Waals surface area (Å²) in [5.74, 6) is -27.1. The van der Waals surface area contributed by atoms with Crippen molar-refractivity contribution in [3.63, 3.8) is 0 Å². The molecule has 0 saturated heterocycles. The Morgan fingerprint density at radius 2 is 0.900 bits per heavy atom. The Hall–Kier alpha value is -1.17. The Bertz CT molecular complexity index is 361. The number of rotatable bonds is 3. The third-order valence-electron chi connectivity index (χ3n) is 1.69. The minimum Gasteiger partial charge on any atom is -0.282 e. The van der Waals surface area contributed by atoms with Crippen LogP contribution in [0.2, 0.25) is 0 Å². The van der Waals surface area contributed by atoms with Crippen molar-refractivity contribution in [3.05, 3.63) is 0 Å². The van der Waals surface area contributed by atoms with Crippen molar-refractivity contribution in [1.82, 2.24) is 0 Å². The molecule has 20 heavy (non-hydrogen) atoms. The second-order valence-electron chi connectivity index (χ2n) is 3.05. The molecule has 0 fully saturated rings. The molecule has 122 valence electrons. The number of halogens is 12. The summed E-state index contributed by atoms with van der Waals surface area (Å²) in [6, 6.07) is 0. The zero-order valence-corrected chi connectivity index (χ0v) is 7.94. The van der Waals surface area contributed by atoms with Gasteiger partial charge in [0.05, 0.1) is 0 Å². The van der Waals surface area contributed by atoms with Gasteiger partial charge in [-0.2, -0.15) is 52.7 Å². The molecule has 0 amide bonds. The van der Waals surface area contributed by atoms with Crippen molar-refractivity contribution >= 4 is 5.78 Å². The van der Waals surface area contributed by atoms with Gasteiger partial charge in [-0.25, -0.2) is 0 Å². The van der Waals surface area contributed by atoms with Crippen LogP contribution in [0.15, 0.2) is 0 Å². The molecule has 0 aliphatic heterocycles. The molecule has 0 saturated carbocycles. The van der Waals surface area contributed by atoms with E-state index in [9.17, 15) is 57.5 Å². The summed E-state index contributed by atoms with van der Waals surface area (Å²) in [4.78, 5) is 9.85. The second kappa shape index (κ2) is 4.98. The maximum Gasteiger partial charge on any atom is 0.460 e. The first-order valence-corrected chi connectivity index (χ1v) is 3.72. The number of carbonyl (C=O) groups is 1. The third-order valence-corrected chi connectivity index (χ3v) is 1.69. The average Bonchev–Trinajstić information content (AvgIpc) is 2.12. The quantitative estimate of drug-likeness (QED) is 0.707. The summed E-state index contributed by atoms with van der Waals surface area (Å²) in [5.41, 5.74) is 0. The zero-order valence-electron chi connectivity index (χ0n) is 7.94. The maximum atomic E-state index is 12.3. The molecular formula is C7H4F12O. The summed E-state index contributed by atoms with van der Waals surface area (Å²) in [5, 5.41) is 0. The lowest BCUT2D eigenvalue weighted by Crippen LogP contribution is -2.65. The summed E-state index contributed by atoms with van der Waals surface area (Å²) in [6.07, 6.45) is -14.0. The fourth-order valence-corrected chi connectivity index (χ4v) is 0.696. The highest BCUT2D eigenvalue weighted by Crippen LogP contribution is 2.54. The number of hydrogen-bond donors (Lipinski definition) is 0. The van der Waals surface area contributed by atoms with E-state index in [4.69, 9.17) is 0 Å². The minimum atomic E-state index is -7.61. The van der Waals surface area contributed by atoms with E-state index in [1.54, 1.807) is 0 Å². The first-order valence-electron chi connectivity index (χ1n) is 3.72. The fourth-order valence-electron chi connectivity index (χ4n) is 0.696. The highest BCUT2D eigenvalue weighted by Gasteiger charge is 2.85. The van der Waals surface area contributed by atoms with Crippen molar-refractivity contribution in [2.24, 2.45) is 0 Å². The Kier molecular flexibility index (Phi) is 5.27. The lowest BCUT2D eigenvalue weighted by atomic mass is 10.00. The van der Waals surface area contributed by atoms with Crippen molar-refractivity contribution in [2.75, 3.05) is 0 Å². The third kappa shape index (κ3) is 2.95. The monoisotopic (exact) mass is 332 g/mol. The first kappa shape index (κ1) is 21.1. The summed E-state index contributed by atoms with van der Waals surface area (Å²) in [6.45, 7) is 0. The molecule has 0 spiro atoms. The highest BCUT2D eigenvalue weighted by atomic mass is 19.4. The van der Waals surface area contributed by atoms with Gasteiger partial charge in [0.1, 0.15) is 0 Å². The van der Waals surface area contributed by atoms with E-state index in [1.165, 1.54) is 0 Å². The summed E-state index contributed by atoms with van der Waals surface area (Å²) >= 11 is 0. The largest absolute Gasteiger partial charge is 0.460 e. The van der Waals surface area contributed by atoms with Gasteiger partial charge in [-0.05, 0) is 0 Å². The molecule has 1 nitrogen and oxygen atoms in total. The van der Waals surface area contributed by atoms with Crippen LogP contribution in [0.1, 0.15) is 7.43 Å². The second-order valence-corrected chi connectivity index (χ2v) is 3.05. The Balaban J connectivity index is 0. The molecular weight excluding hydrogens is 328 g/mol. The van der Waals surface area contributed by atoms with Crippen LogP contribution in [0.5, 0.6) is 0 Å². The Morgan fingerprint density at radius 1 is 0.600 bits per heavy atom. The normalized spacial score (nSPS) is 14.8. The van der Waals surface area contributed by atoms with Gasteiger partial charge in [0.15, 0.2) is 0 Å².